The third-order valence-electron chi connectivity index (χ3n) is 10.3. The summed E-state index contributed by atoms with van der Waals surface area (Å²) in [6, 6.07) is 27.4. The summed E-state index contributed by atoms with van der Waals surface area (Å²) in [5, 5.41) is 17.9. The van der Waals surface area contributed by atoms with Gasteiger partial charge in [0.15, 0.2) is 0 Å². The predicted molar refractivity (Wildman–Crippen MR) is 236 cm³/mol. The molecule has 0 fully saturated rings. The molecule has 0 aliphatic carbocycles. The molecule has 4 aromatic carbocycles. The molecule has 0 unspecified atom stereocenters. The quantitative estimate of drug-likeness (QED) is 0.0813. The highest BCUT2D eigenvalue weighted by Gasteiger charge is 2.21. The van der Waals surface area contributed by atoms with E-state index in [0.717, 1.165) is 72.5 Å². The summed E-state index contributed by atoms with van der Waals surface area (Å²) in [6.45, 7) is 8.06. The molecule has 0 bridgehead atoms. The largest absolute Gasteiger partial charge is 0.492 e. The van der Waals surface area contributed by atoms with Gasteiger partial charge in [0, 0.05) is 63.1 Å². The van der Waals surface area contributed by atoms with Crippen LogP contribution in [-0.2, 0) is 0 Å². The van der Waals surface area contributed by atoms with Crippen molar-refractivity contribution in [3.63, 3.8) is 0 Å². The number of fused-ring (bicyclic) bond motifs is 2. The fourth-order valence-electron chi connectivity index (χ4n) is 7.35. The minimum atomic E-state index is -0.417. The molecule has 302 valence electrons. The number of aromatic nitrogens is 6. The number of carbonyl (C=O) groups is 2. The van der Waals surface area contributed by atoms with Gasteiger partial charge in [0.1, 0.15) is 36.3 Å². The zero-order chi connectivity index (χ0) is 41.8. The van der Waals surface area contributed by atoms with Crippen LogP contribution < -0.4 is 25.2 Å². The van der Waals surface area contributed by atoms with Crippen molar-refractivity contribution < 1.29 is 19.4 Å². The van der Waals surface area contributed by atoms with E-state index in [4.69, 9.17) is 4.74 Å². The molecule has 0 atom stereocenters. The maximum Gasteiger partial charge on any atom is 0.326 e. The van der Waals surface area contributed by atoms with Gasteiger partial charge >= 0.3 is 12.1 Å². The van der Waals surface area contributed by atoms with E-state index in [0.29, 0.717) is 22.8 Å². The van der Waals surface area contributed by atoms with Gasteiger partial charge in [-0.05, 0) is 92.4 Å². The number of aryl methyl sites for hydroxylation is 4. The summed E-state index contributed by atoms with van der Waals surface area (Å²) in [5.41, 5.74) is 11.3. The number of ether oxygens (including phenoxy) is 1. The molecule has 60 heavy (non-hydrogen) atoms. The van der Waals surface area contributed by atoms with E-state index >= 15 is 0 Å². The lowest BCUT2D eigenvalue weighted by Crippen LogP contribution is -2.38. The molecule has 8 aromatic rings. The molecule has 0 aliphatic rings. The second-order valence-corrected chi connectivity index (χ2v) is 14.5. The van der Waals surface area contributed by atoms with Crippen LogP contribution >= 0.6 is 0 Å². The highest BCUT2D eigenvalue weighted by atomic mass is 16.5. The Morgan fingerprint density at radius 3 is 1.75 bits per heavy atom. The molecular formula is C46H44N10O4. The molecule has 4 heterocycles. The first-order chi connectivity index (χ1) is 29.2. The number of aromatic amines is 2. The molecule has 4 aromatic heterocycles. The van der Waals surface area contributed by atoms with E-state index in [1.807, 2.05) is 125 Å². The average Bonchev–Trinajstić information content (AvgIpc) is 3.84. The van der Waals surface area contributed by atoms with Crippen molar-refractivity contribution in [1.82, 2.24) is 29.9 Å². The summed E-state index contributed by atoms with van der Waals surface area (Å²) in [4.78, 5) is 54.8. The topological polar surface area (TPSA) is 177 Å². The standard InChI is InChI=1S/C46H44N10O4/c1-28-21-36(55(17-19-57)45(58)53-34-13-9-32(10-14-34)41-39-30(3)24-47-43(39)51-26-49-41)23-37(22-28)60-20-18-56(38-8-6-5-7-29(38)2)46(59)54-35-15-11-33(12-16-35)42-40-31(4)25-48-44(40)52-27-50-42/h5-16,21-27,57H,17-20H2,1-4H3,(H,53,58)(H,54,59)(H,47,49,51)(H,48,50,52). The molecule has 0 saturated carbocycles. The van der Waals surface area contributed by atoms with Crippen LogP contribution in [0.3, 0.4) is 0 Å². The SMILES string of the molecule is Cc1cc(OCCN(C(=O)Nc2ccc(-c3ncnc4[nH]cc(C)c34)cc2)c2ccccc2C)cc(N(CCO)C(=O)Nc2ccc(-c3ncnc4[nH]cc(C)c34)cc2)c1. The number of anilines is 4. The average molecular weight is 801 g/mol. The smallest absolute Gasteiger partial charge is 0.326 e. The van der Waals surface area contributed by atoms with Gasteiger partial charge in [-0.1, -0.05) is 42.5 Å². The fourth-order valence-corrected chi connectivity index (χ4v) is 7.35. The monoisotopic (exact) mass is 800 g/mol. The minimum absolute atomic E-state index is 0.0515. The Bertz CT molecular complexity index is 2820. The summed E-state index contributed by atoms with van der Waals surface area (Å²) < 4.78 is 6.27. The molecule has 0 spiro atoms. The number of para-hydroxylation sites is 1. The highest BCUT2D eigenvalue weighted by molar-refractivity contribution is 6.03. The van der Waals surface area contributed by atoms with Crippen LogP contribution in [0.5, 0.6) is 5.75 Å². The Morgan fingerprint density at radius 1 is 0.650 bits per heavy atom. The number of hydrogen-bond acceptors (Lipinski definition) is 8. The van der Waals surface area contributed by atoms with Gasteiger partial charge in [0.2, 0.25) is 0 Å². The third-order valence-corrected chi connectivity index (χ3v) is 10.3. The van der Waals surface area contributed by atoms with Gasteiger partial charge in [-0.25, -0.2) is 29.5 Å². The first-order valence-corrected chi connectivity index (χ1v) is 19.5. The number of nitrogens with zero attached hydrogens (tertiary/aromatic N) is 6. The van der Waals surface area contributed by atoms with Crippen molar-refractivity contribution in [3.8, 4) is 28.3 Å². The maximum absolute atomic E-state index is 13.9. The fraction of sp³-hybridized carbons (Fsp3) is 0.174. The van der Waals surface area contributed by atoms with E-state index in [-0.39, 0.29) is 32.3 Å². The number of benzene rings is 4. The van der Waals surface area contributed by atoms with Gasteiger partial charge < -0.3 is 30.4 Å². The number of urea groups is 2. The summed E-state index contributed by atoms with van der Waals surface area (Å²) in [7, 11) is 0. The first-order valence-electron chi connectivity index (χ1n) is 19.5. The Balaban J connectivity index is 0.948. The van der Waals surface area contributed by atoms with Crippen LogP contribution in [0.25, 0.3) is 44.6 Å². The third kappa shape index (κ3) is 8.22. The lowest BCUT2D eigenvalue weighted by atomic mass is 10.1. The van der Waals surface area contributed by atoms with Crippen LogP contribution in [0, 0.1) is 27.7 Å². The van der Waals surface area contributed by atoms with Gasteiger partial charge in [-0.15, -0.1) is 0 Å². The van der Waals surface area contributed by atoms with Crippen LogP contribution in [0.2, 0.25) is 0 Å². The number of amides is 4. The molecular weight excluding hydrogens is 757 g/mol. The molecule has 14 nitrogen and oxygen atoms in total. The van der Waals surface area contributed by atoms with Crippen molar-refractivity contribution in [2.45, 2.75) is 27.7 Å². The van der Waals surface area contributed by atoms with Gasteiger partial charge in [0.25, 0.3) is 0 Å². The number of aliphatic hydroxyl groups excluding tert-OH is 1. The Kier molecular flexibility index (Phi) is 11.2. The lowest BCUT2D eigenvalue weighted by Gasteiger charge is -2.26. The number of nitrogens with one attached hydrogen (secondary N) is 4. The molecule has 0 radical (unpaired) electrons. The number of rotatable bonds is 12. The molecule has 0 saturated heterocycles. The van der Waals surface area contributed by atoms with Crippen LogP contribution in [0.4, 0.5) is 32.3 Å². The lowest BCUT2D eigenvalue weighted by molar-refractivity contribution is 0.251. The van der Waals surface area contributed by atoms with Crippen molar-refractivity contribution in [2.24, 2.45) is 0 Å². The molecule has 0 aliphatic heterocycles. The first kappa shape index (κ1) is 39.3. The van der Waals surface area contributed by atoms with Crippen molar-refractivity contribution in [1.29, 1.82) is 0 Å². The minimum Gasteiger partial charge on any atom is -0.492 e. The summed E-state index contributed by atoms with van der Waals surface area (Å²) in [6.07, 6.45) is 6.88. The normalized spacial score (nSPS) is 11.2. The molecule has 4 amide bonds. The maximum atomic E-state index is 13.9. The number of H-pyrrole nitrogens is 2. The molecule has 8 rings (SSSR count). The van der Waals surface area contributed by atoms with E-state index in [9.17, 15) is 14.7 Å². The van der Waals surface area contributed by atoms with Crippen molar-refractivity contribution in [3.05, 3.63) is 138 Å². The Labute approximate surface area is 346 Å². The molecule has 5 N–H and O–H groups in total. The van der Waals surface area contributed by atoms with Crippen LogP contribution in [0.15, 0.2) is 116 Å². The van der Waals surface area contributed by atoms with Crippen LogP contribution in [-0.4, -0.2) is 73.4 Å². The van der Waals surface area contributed by atoms with E-state index < -0.39 is 6.03 Å². The number of hydrogen-bond donors (Lipinski definition) is 5. The van der Waals surface area contributed by atoms with E-state index in [1.54, 1.807) is 11.0 Å². The second-order valence-electron chi connectivity index (χ2n) is 14.5. The van der Waals surface area contributed by atoms with Gasteiger partial charge in [-0.3, -0.25) is 9.80 Å². The van der Waals surface area contributed by atoms with Gasteiger partial charge in [-0.2, -0.15) is 0 Å². The predicted octanol–water partition coefficient (Wildman–Crippen LogP) is 8.95. The van der Waals surface area contributed by atoms with E-state index in [2.05, 4.69) is 40.5 Å². The highest BCUT2D eigenvalue weighted by Crippen LogP contribution is 2.31. The molecule has 14 heteroatoms. The van der Waals surface area contributed by atoms with Crippen LogP contribution in [0.1, 0.15) is 22.3 Å². The van der Waals surface area contributed by atoms with Crippen molar-refractivity contribution in [2.75, 3.05) is 46.7 Å². The Hall–Kier alpha value is -7.58. The zero-order valence-electron chi connectivity index (χ0n) is 33.7. The van der Waals surface area contributed by atoms with Gasteiger partial charge in [0.05, 0.1) is 31.1 Å². The van der Waals surface area contributed by atoms with Crippen molar-refractivity contribution >= 4 is 56.9 Å². The zero-order valence-corrected chi connectivity index (χ0v) is 33.7. The Morgan fingerprint density at radius 2 is 1.20 bits per heavy atom. The van der Waals surface area contributed by atoms with E-state index in [1.165, 1.54) is 17.6 Å². The number of aliphatic hydroxyl groups is 1. The summed E-state index contributed by atoms with van der Waals surface area (Å²) in [5.74, 6) is 0.513. The summed E-state index contributed by atoms with van der Waals surface area (Å²) >= 11 is 0. The number of carbonyl (C=O) groups excluding carboxylic acids is 2. The second kappa shape index (κ2) is 17.1.